The van der Waals surface area contributed by atoms with Crippen LogP contribution in [0.3, 0.4) is 0 Å². The van der Waals surface area contributed by atoms with E-state index < -0.39 is 0 Å². The van der Waals surface area contributed by atoms with E-state index in [1.807, 2.05) is 12.5 Å². The molecule has 2 aliphatic heterocycles. The van der Waals surface area contributed by atoms with Crippen molar-refractivity contribution < 1.29 is 9.47 Å². The van der Waals surface area contributed by atoms with Crippen molar-refractivity contribution in [1.29, 1.82) is 0 Å². The highest BCUT2D eigenvalue weighted by molar-refractivity contribution is 5.08. The normalized spacial score (nSPS) is 30.9. The lowest BCUT2D eigenvalue weighted by Gasteiger charge is -2.22. The molecule has 0 radical (unpaired) electrons. The summed E-state index contributed by atoms with van der Waals surface area (Å²) >= 11 is 0. The van der Waals surface area contributed by atoms with Crippen molar-refractivity contribution in [3.05, 3.63) is 18.2 Å². The predicted molar refractivity (Wildman–Crippen MR) is 62.6 cm³/mol. The first-order valence-electron chi connectivity index (χ1n) is 6.29. The Labute approximate surface area is 101 Å². The van der Waals surface area contributed by atoms with Gasteiger partial charge < -0.3 is 19.8 Å². The van der Waals surface area contributed by atoms with Crippen LogP contribution in [0.4, 0.5) is 0 Å². The molecule has 0 bridgehead atoms. The fraction of sp³-hybridized carbons (Fsp3) is 0.750. The topological polar surface area (TPSA) is 62.3 Å². The molecule has 5 nitrogen and oxygen atoms in total. The number of hydrogen-bond acceptors (Lipinski definition) is 4. The van der Waals surface area contributed by atoms with Crippen molar-refractivity contribution >= 4 is 0 Å². The SMILES string of the molecule is NC(c1cncn1C1CCOC1)C1CCOC1. The van der Waals surface area contributed by atoms with Gasteiger partial charge in [0.25, 0.3) is 0 Å². The lowest BCUT2D eigenvalue weighted by molar-refractivity contribution is 0.178. The van der Waals surface area contributed by atoms with Crippen molar-refractivity contribution in [2.24, 2.45) is 11.7 Å². The first kappa shape index (κ1) is 11.2. The van der Waals surface area contributed by atoms with Crippen LogP contribution in [0.25, 0.3) is 0 Å². The fourth-order valence-electron chi connectivity index (χ4n) is 2.70. The van der Waals surface area contributed by atoms with Crippen LogP contribution in [0.1, 0.15) is 30.6 Å². The maximum atomic E-state index is 6.33. The molecule has 0 amide bonds. The summed E-state index contributed by atoms with van der Waals surface area (Å²) in [7, 11) is 0. The molecule has 2 aliphatic rings. The Morgan fingerprint density at radius 3 is 2.82 bits per heavy atom. The highest BCUT2D eigenvalue weighted by Gasteiger charge is 2.28. The molecule has 2 saturated heterocycles. The number of ether oxygens (including phenoxy) is 2. The molecule has 3 atom stereocenters. The van der Waals surface area contributed by atoms with Gasteiger partial charge in [0.15, 0.2) is 0 Å². The van der Waals surface area contributed by atoms with Gasteiger partial charge in [0.1, 0.15) is 0 Å². The van der Waals surface area contributed by atoms with Crippen LogP contribution in [-0.2, 0) is 9.47 Å². The monoisotopic (exact) mass is 237 g/mol. The van der Waals surface area contributed by atoms with E-state index in [1.165, 1.54) is 0 Å². The molecule has 5 heteroatoms. The molecule has 2 N–H and O–H groups in total. The van der Waals surface area contributed by atoms with Crippen LogP contribution in [-0.4, -0.2) is 36.0 Å². The molecular weight excluding hydrogens is 218 g/mol. The minimum atomic E-state index is 0.0283. The van der Waals surface area contributed by atoms with E-state index in [0.29, 0.717) is 12.0 Å². The summed E-state index contributed by atoms with van der Waals surface area (Å²) in [5, 5.41) is 0. The molecule has 3 unspecified atom stereocenters. The Morgan fingerprint density at radius 1 is 1.29 bits per heavy atom. The molecule has 94 valence electrons. The van der Waals surface area contributed by atoms with Gasteiger partial charge in [-0.2, -0.15) is 0 Å². The summed E-state index contributed by atoms with van der Waals surface area (Å²) in [5.41, 5.74) is 7.45. The maximum Gasteiger partial charge on any atom is 0.0952 e. The molecule has 0 aliphatic carbocycles. The van der Waals surface area contributed by atoms with Gasteiger partial charge in [-0.25, -0.2) is 4.98 Å². The molecule has 1 aromatic rings. The van der Waals surface area contributed by atoms with Crippen LogP contribution < -0.4 is 5.73 Å². The second-order valence-corrected chi connectivity index (χ2v) is 4.89. The highest BCUT2D eigenvalue weighted by atomic mass is 16.5. The predicted octanol–water partition coefficient (Wildman–Crippen LogP) is 0.881. The van der Waals surface area contributed by atoms with Gasteiger partial charge in [0.05, 0.1) is 37.3 Å². The van der Waals surface area contributed by atoms with Crippen LogP contribution in [0.15, 0.2) is 12.5 Å². The van der Waals surface area contributed by atoms with Crippen LogP contribution in [0.5, 0.6) is 0 Å². The molecule has 0 aromatic carbocycles. The minimum absolute atomic E-state index is 0.0283. The molecule has 1 aromatic heterocycles. The van der Waals surface area contributed by atoms with E-state index in [0.717, 1.165) is 45.0 Å². The van der Waals surface area contributed by atoms with E-state index >= 15 is 0 Å². The molecular formula is C12H19N3O2. The third-order valence-corrected chi connectivity index (χ3v) is 3.81. The number of nitrogens with zero attached hydrogens (tertiary/aromatic N) is 2. The first-order chi connectivity index (χ1) is 8.36. The minimum Gasteiger partial charge on any atom is -0.381 e. The summed E-state index contributed by atoms with van der Waals surface area (Å²) in [6.07, 6.45) is 5.87. The smallest absolute Gasteiger partial charge is 0.0952 e. The van der Waals surface area contributed by atoms with Crippen LogP contribution in [0, 0.1) is 5.92 Å². The van der Waals surface area contributed by atoms with E-state index in [1.54, 1.807) is 0 Å². The third-order valence-electron chi connectivity index (χ3n) is 3.81. The Kier molecular flexibility index (Phi) is 3.13. The van der Waals surface area contributed by atoms with Crippen molar-refractivity contribution in [2.75, 3.05) is 26.4 Å². The summed E-state index contributed by atoms with van der Waals surface area (Å²) in [4.78, 5) is 4.25. The Balaban J connectivity index is 1.79. The first-order valence-corrected chi connectivity index (χ1v) is 6.29. The van der Waals surface area contributed by atoms with Gasteiger partial charge in [-0.3, -0.25) is 0 Å². The molecule has 2 fully saturated rings. The van der Waals surface area contributed by atoms with E-state index in [2.05, 4.69) is 9.55 Å². The number of nitrogens with two attached hydrogens (primary N) is 1. The maximum absolute atomic E-state index is 6.33. The summed E-state index contributed by atoms with van der Waals surface area (Å²) < 4.78 is 13.0. The van der Waals surface area contributed by atoms with E-state index in [4.69, 9.17) is 15.2 Å². The van der Waals surface area contributed by atoms with Crippen molar-refractivity contribution in [3.63, 3.8) is 0 Å². The fourth-order valence-corrected chi connectivity index (χ4v) is 2.70. The molecule has 17 heavy (non-hydrogen) atoms. The largest absolute Gasteiger partial charge is 0.381 e. The Morgan fingerprint density at radius 2 is 2.12 bits per heavy atom. The van der Waals surface area contributed by atoms with Crippen LogP contribution >= 0.6 is 0 Å². The average Bonchev–Trinajstić information content (AvgIpc) is 3.09. The second-order valence-electron chi connectivity index (χ2n) is 4.89. The zero-order valence-corrected chi connectivity index (χ0v) is 9.92. The van der Waals surface area contributed by atoms with E-state index in [-0.39, 0.29) is 6.04 Å². The van der Waals surface area contributed by atoms with Gasteiger partial charge in [-0.15, -0.1) is 0 Å². The zero-order valence-electron chi connectivity index (χ0n) is 9.92. The summed E-state index contributed by atoms with van der Waals surface area (Å²) in [6.45, 7) is 3.22. The van der Waals surface area contributed by atoms with Gasteiger partial charge in [-0.1, -0.05) is 0 Å². The van der Waals surface area contributed by atoms with Crippen molar-refractivity contribution in [1.82, 2.24) is 9.55 Å². The van der Waals surface area contributed by atoms with Gasteiger partial charge in [-0.05, 0) is 12.8 Å². The standard InChI is InChI=1S/C12H19N3O2/c13-12(9-1-3-16-6-9)11-5-14-8-15(11)10-2-4-17-7-10/h5,8-10,12H,1-4,6-7,13H2. The van der Waals surface area contributed by atoms with Gasteiger partial charge in [0, 0.05) is 25.3 Å². The Bertz CT molecular complexity index is 368. The average molecular weight is 237 g/mol. The lowest BCUT2D eigenvalue weighted by Crippen LogP contribution is -2.25. The van der Waals surface area contributed by atoms with Gasteiger partial charge in [0.2, 0.25) is 0 Å². The number of rotatable bonds is 3. The highest BCUT2D eigenvalue weighted by Crippen LogP contribution is 2.29. The lowest BCUT2D eigenvalue weighted by atomic mass is 9.97. The number of imidazole rings is 1. The Hall–Kier alpha value is -0.910. The van der Waals surface area contributed by atoms with Gasteiger partial charge >= 0.3 is 0 Å². The zero-order chi connectivity index (χ0) is 11.7. The van der Waals surface area contributed by atoms with Crippen molar-refractivity contribution in [2.45, 2.75) is 24.9 Å². The van der Waals surface area contributed by atoms with Crippen LogP contribution in [0.2, 0.25) is 0 Å². The molecule has 3 heterocycles. The molecule has 0 saturated carbocycles. The molecule has 3 rings (SSSR count). The third kappa shape index (κ3) is 2.10. The number of hydrogen-bond donors (Lipinski definition) is 1. The molecule has 0 spiro atoms. The number of aromatic nitrogens is 2. The summed E-state index contributed by atoms with van der Waals surface area (Å²) in [5.74, 6) is 0.424. The van der Waals surface area contributed by atoms with Crippen molar-refractivity contribution in [3.8, 4) is 0 Å². The summed E-state index contributed by atoms with van der Waals surface area (Å²) in [6, 6.07) is 0.432. The second kappa shape index (κ2) is 4.76. The van der Waals surface area contributed by atoms with E-state index in [9.17, 15) is 0 Å². The quantitative estimate of drug-likeness (QED) is 0.847.